The molecule has 10 rings (SSSR count). The fraction of sp³-hybridized carbons (Fsp3) is 0. The van der Waals surface area contributed by atoms with E-state index in [4.69, 9.17) is 4.98 Å². The summed E-state index contributed by atoms with van der Waals surface area (Å²) >= 11 is 5.57. The number of rotatable bonds is 3. The Labute approximate surface area is 264 Å². The van der Waals surface area contributed by atoms with Crippen LogP contribution in [-0.4, -0.2) is 4.98 Å². The molecule has 0 atom stereocenters. The molecule has 44 heavy (non-hydrogen) atoms. The number of nitrogens with zero attached hydrogens (tertiary/aromatic N) is 2. The molecule has 5 heteroatoms. The first kappa shape index (κ1) is 24.6. The Morgan fingerprint density at radius 2 is 0.955 bits per heavy atom. The quantitative estimate of drug-likeness (QED) is 0.197. The van der Waals surface area contributed by atoms with Crippen LogP contribution in [0.4, 0.5) is 17.1 Å². The van der Waals surface area contributed by atoms with Gasteiger partial charge in [-0.15, -0.1) is 34.0 Å². The molecule has 0 spiro atoms. The van der Waals surface area contributed by atoms with Gasteiger partial charge in [0.2, 0.25) is 0 Å². The van der Waals surface area contributed by atoms with Crippen LogP contribution in [-0.2, 0) is 0 Å². The molecule has 0 fully saturated rings. The molecule has 0 bridgehead atoms. The Kier molecular flexibility index (Phi) is 5.23. The predicted molar refractivity (Wildman–Crippen MR) is 195 cm³/mol. The zero-order valence-corrected chi connectivity index (χ0v) is 25.8. The van der Waals surface area contributed by atoms with Crippen LogP contribution in [0.3, 0.4) is 0 Å². The number of hydrogen-bond acceptors (Lipinski definition) is 5. The predicted octanol–water partition coefficient (Wildman–Crippen LogP) is 12.8. The van der Waals surface area contributed by atoms with E-state index in [1.807, 2.05) is 46.4 Å². The maximum Gasteiger partial charge on any atom is 0.0824 e. The van der Waals surface area contributed by atoms with Crippen LogP contribution in [0.5, 0.6) is 0 Å². The van der Waals surface area contributed by atoms with Crippen molar-refractivity contribution in [2.45, 2.75) is 0 Å². The molecule has 0 amide bonds. The lowest BCUT2D eigenvalue weighted by Gasteiger charge is -2.26. The molecule has 0 aliphatic rings. The number of anilines is 3. The molecule has 206 valence electrons. The first-order valence-corrected chi connectivity index (χ1v) is 17.1. The van der Waals surface area contributed by atoms with Gasteiger partial charge >= 0.3 is 0 Å². The fourth-order valence-corrected chi connectivity index (χ4v) is 10.0. The van der Waals surface area contributed by atoms with Gasteiger partial charge in [0, 0.05) is 73.4 Å². The van der Waals surface area contributed by atoms with Crippen LogP contribution in [0.1, 0.15) is 0 Å². The second-order valence-electron chi connectivity index (χ2n) is 11.2. The molecule has 0 saturated heterocycles. The second-order valence-corrected chi connectivity index (χ2v) is 14.4. The molecule has 0 saturated carbocycles. The number of benzene rings is 6. The molecule has 6 aromatic carbocycles. The standard InChI is InChI=1S/C39H22N2S3/c1-2-8-24-18-38-29(17-23(24)7-1)32-21-40-22-33(39(32)44-38)41(25-13-15-36-30(19-25)27-9-3-5-11-34(27)42-36)26-14-16-37-31(20-26)28-10-4-6-12-35(28)43-37/h1-22H. The molecule has 0 aliphatic heterocycles. The normalized spacial score (nSPS) is 12.1. The number of thiophene rings is 3. The van der Waals surface area contributed by atoms with Gasteiger partial charge in [-0.25, -0.2) is 0 Å². The maximum atomic E-state index is 4.86. The molecular weight excluding hydrogens is 593 g/mol. The van der Waals surface area contributed by atoms with Gasteiger partial charge < -0.3 is 4.90 Å². The minimum atomic E-state index is 1.10. The molecule has 0 unspecified atom stereocenters. The monoisotopic (exact) mass is 614 g/mol. The van der Waals surface area contributed by atoms with E-state index in [9.17, 15) is 0 Å². The van der Waals surface area contributed by atoms with Gasteiger partial charge in [0.1, 0.15) is 0 Å². The van der Waals surface area contributed by atoms with Gasteiger partial charge in [-0.3, -0.25) is 4.98 Å². The highest BCUT2D eigenvalue weighted by atomic mass is 32.1. The third-order valence-corrected chi connectivity index (χ3v) is 12.2. The topological polar surface area (TPSA) is 16.1 Å². The first-order valence-electron chi connectivity index (χ1n) is 14.6. The summed E-state index contributed by atoms with van der Waals surface area (Å²) in [4.78, 5) is 7.28. The summed E-state index contributed by atoms with van der Waals surface area (Å²) in [5.41, 5.74) is 3.37. The van der Waals surface area contributed by atoms with E-state index in [0.29, 0.717) is 0 Å². The van der Waals surface area contributed by atoms with E-state index < -0.39 is 0 Å². The summed E-state index contributed by atoms with van der Waals surface area (Å²) in [5.74, 6) is 0. The third-order valence-electron chi connectivity index (χ3n) is 8.71. The van der Waals surface area contributed by atoms with Crippen LogP contribution >= 0.6 is 34.0 Å². The minimum absolute atomic E-state index is 1.10. The lowest BCUT2D eigenvalue weighted by Crippen LogP contribution is -2.10. The van der Waals surface area contributed by atoms with E-state index >= 15 is 0 Å². The van der Waals surface area contributed by atoms with E-state index in [-0.39, 0.29) is 0 Å². The summed E-state index contributed by atoms with van der Waals surface area (Å²) in [6.45, 7) is 0. The SMILES string of the molecule is c1ccc2cc3c(cc2c1)sc1c(N(c2ccc4sc5ccccc5c4c2)c2ccc4sc5ccccc5c4c2)cncc13. The van der Waals surface area contributed by atoms with Crippen molar-refractivity contribution < 1.29 is 0 Å². The highest BCUT2D eigenvalue weighted by Gasteiger charge is 2.21. The number of aromatic nitrogens is 1. The van der Waals surface area contributed by atoms with Crippen molar-refractivity contribution >= 4 is 122 Å². The summed E-state index contributed by atoms with van der Waals surface area (Å²) in [5, 5.41) is 10.2. The molecule has 0 radical (unpaired) electrons. The average Bonchev–Trinajstić information content (AvgIpc) is 3.75. The lowest BCUT2D eigenvalue weighted by atomic mass is 10.1. The summed E-state index contributed by atoms with van der Waals surface area (Å²) < 4.78 is 7.77. The smallest absolute Gasteiger partial charge is 0.0824 e. The zero-order valence-electron chi connectivity index (χ0n) is 23.3. The first-order chi connectivity index (χ1) is 21.8. The summed E-state index contributed by atoms with van der Waals surface area (Å²) in [6, 6.07) is 44.6. The average molecular weight is 615 g/mol. The largest absolute Gasteiger partial charge is 0.308 e. The highest BCUT2D eigenvalue weighted by molar-refractivity contribution is 7.27. The van der Waals surface area contributed by atoms with Crippen LogP contribution < -0.4 is 4.90 Å². The van der Waals surface area contributed by atoms with Crippen LogP contribution in [0.25, 0.3) is 71.3 Å². The van der Waals surface area contributed by atoms with Crippen molar-refractivity contribution in [3.63, 3.8) is 0 Å². The second kappa shape index (κ2) is 9.34. The summed E-state index contributed by atoms with van der Waals surface area (Å²) in [7, 11) is 0. The van der Waals surface area contributed by atoms with Gasteiger partial charge in [0.15, 0.2) is 0 Å². The summed E-state index contributed by atoms with van der Waals surface area (Å²) in [6.07, 6.45) is 4.08. The number of hydrogen-bond donors (Lipinski definition) is 0. The van der Waals surface area contributed by atoms with E-state index in [1.165, 1.54) is 71.3 Å². The lowest BCUT2D eigenvalue weighted by molar-refractivity contribution is 1.27. The number of fused-ring (bicyclic) bond motifs is 10. The van der Waals surface area contributed by atoms with E-state index in [2.05, 4.69) is 126 Å². The Morgan fingerprint density at radius 1 is 0.409 bits per heavy atom. The van der Waals surface area contributed by atoms with Crippen molar-refractivity contribution in [3.05, 3.63) is 134 Å². The highest BCUT2D eigenvalue weighted by Crippen LogP contribution is 2.47. The van der Waals surface area contributed by atoms with E-state index in [0.717, 1.165) is 17.1 Å². The van der Waals surface area contributed by atoms with Crippen LogP contribution in [0.15, 0.2) is 134 Å². The zero-order chi connectivity index (χ0) is 28.8. The van der Waals surface area contributed by atoms with Gasteiger partial charge in [0.05, 0.1) is 16.6 Å². The molecule has 0 N–H and O–H groups in total. The van der Waals surface area contributed by atoms with Crippen molar-refractivity contribution in [3.8, 4) is 0 Å². The number of pyridine rings is 1. The maximum absolute atomic E-state index is 4.86. The third kappa shape index (κ3) is 3.61. The molecular formula is C39H22N2S3. The molecule has 4 heterocycles. The van der Waals surface area contributed by atoms with Crippen molar-refractivity contribution in [2.75, 3.05) is 4.90 Å². The van der Waals surface area contributed by atoms with Crippen LogP contribution in [0.2, 0.25) is 0 Å². The van der Waals surface area contributed by atoms with Gasteiger partial charge in [-0.1, -0.05) is 60.7 Å². The molecule has 4 aromatic heterocycles. The minimum Gasteiger partial charge on any atom is -0.308 e. The van der Waals surface area contributed by atoms with Crippen molar-refractivity contribution in [1.29, 1.82) is 0 Å². The molecule has 10 aromatic rings. The Morgan fingerprint density at radius 3 is 1.61 bits per heavy atom. The van der Waals surface area contributed by atoms with Gasteiger partial charge in [-0.05, 0) is 71.4 Å². The van der Waals surface area contributed by atoms with Crippen molar-refractivity contribution in [1.82, 2.24) is 4.98 Å². The van der Waals surface area contributed by atoms with Crippen molar-refractivity contribution in [2.24, 2.45) is 0 Å². The fourth-order valence-electron chi connectivity index (χ4n) is 6.65. The van der Waals surface area contributed by atoms with Gasteiger partial charge in [-0.2, -0.15) is 0 Å². The van der Waals surface area contributed by atoms with Gasteiger partial charge in [0.25, 0.3) is 0 Å². The Hall–Kier alpha value is -4.81. The Bertz CT molecular complexity index is 2630. The Balaban J connectivity index is 1.28. The van der Waals surface area contributed by atoms with Crippen LogP contribution in [0, 0.1) is 0 Å². The molecule has 0 aliphatic carbocycles. The molecule has 2 nitrogen and oxygen atoms in total. The van der Waals surface area contributed by atoms with E-state index in [1.54, 1.807) is 0 Å².